The SMILES string of the molecule is c1ccc(CCn2nnnc2CN2CCCCCC2)cc1. The largest absolute Gasteiger partial charge is 0.296 e. The van der Waals surface area contributed by atoms with Gasteiger partial charge >= 0.3 is 0 Å². The molecule has 0 spiro atoms. The van der Waals surface area contributed by atoms with Crippen LogP contribution in [0.4, 0.5) is 0 Å². The van der Waals surface area contributed by atoms with Crippen LogP contribution >= 0.6 is 0 Å². The topological polar surface area (TPSA) is 46.8 Å². The average Bonchev–Trinajstić information content (AvgIpc) is 2.79. The summed E-state index contributed by atoms with van der Waals surface area (Å²) in [7, 11) is 0. The summed E-state index contributed by atoms with van der Waals surface area (Å²) in [5.41, 5.74) is 1.33. The molecular formula is C16H23N5. The van der Waals surface area contributed by atoms with Gasteiger partial charge in [0.15, 0.2) is 5.82 Å². The first kappa shape index (κ1) is 14.2. The Morgan fingerprint density at radius 2 is 1.71 bits per heavy atom. The summed E-state index contributed by atoms with van der Waals surface area (Å²) in [4.78, 5) is 2.48. The zero-order chi connectivity index (χ0) is 14.3. The third-order valence-corrected chi connectivity index (χ3v) is 4.12. The van der Waals surface area contributed by atoms with E-state index in [4.69, 9.17) is 0 Å². The van der Waals surface area contributed by atoms with Gasteiger partial charge in [0, 0.05) is 6.54 Å². The van der Waals surface area contributed by atoms with Gasteiger partial charge < -0.3 is 0 Å². The van der Waals surface area contributed by atoms with E-state index in [0.29, 0.717) is 0 Å². The third-order valence-electron chi connectivity index (χ3n) is 4.12. The van der Waals surface area contributed by atoms with Crippen molar-refractivity contribution >= 4 is 0 Å². The standard InChI is InChI=1S/C16H23N5/c1-2-7-12-20(11-6-1)14-16-17-18-19-21(16)13-10-15-8-4-3-5-9-15/h3-5,8-9H,1-2,6-7,10-14H2. The average molecular weight is 285 g/mol. The molecule has 112 valence electrons. The second-order valence-corrected chi connectivity index (χ2v) is 5.74. The van der Waals surface area contributed by atoms with Crippen molar-refractivity contribution in [3.8, 4) is 0 Å². The molecule has 0 amide bonds. The minimum absolute atomic E-state index is 0.847. The van der Waals surface area contributed by atoms with Crippen molar-refractivity contribution in [1.82, 2.24) is 25.1 Å². The Morgan fingerprint density at radius 1 is 0.952 bits per heavy atom. The van der Waals surface area contributed by atoms with Gasteiger partial charge in [-0.05, 0) is 48.3 Å². The lowest BCUT2D eigenvalue weighted by Crippen LogP contribution is -2.26. The Morgan fingerprint density at radius 3 is 2.48 bits per heavy atom. The van der Waals surface area contributed by atoms with Crippen LogP contribution in [0.5, 0.6) is 0 Å². The van der Waals surface area contributed by atoms with Crippen molar-refractivity contribution in [2.24, 2.45) is 0 Å². The Kier molecular flexibility index (Phi) is 4.94. The zero-order valence-corrected chi connectivity index (χ0v) is 12.5. The maximum atomic E-state index is 4.21. The first-order valence-electron chi connectivity index (χ1n) is 7.93. The van der Waals surface area contributed by atoms with Gasteiger partial charge in [-0.1, -0.05) is 43.2 Å². The van der Waals surface area contributed by atoms with Gasteiger partial charge in [0.05, 0.1) is 6.54 Å². The molecule has 5 nitrogen and oxygen atoms in total. The van der Waals surface area contributed by atoms with E-state index in [1.807, 2.05) is 10.7 Å². The minimum atomic E-state index is 0.847. The highest BCUT2D eigenvalue weighted by Gasteiger charge is 2.13. The van der Waals surface area contributed by atoms with Crippen LogP contribution in [0.1, 0.15) is 37.1 Å². The van der Waals surface area contributed by atoms with Crippen molar-refractivity contribution in [1.29, 1.82) is 0 Å². The molecule has 0 radical (unpaired) electrons. The molecule has 1 fully saturated rings. The quantitative estimate of drug-likeness (QED) is 0.845. The Balaban J connectivity index is 1.58. The molecule has 0 unspecified atom stereocenters. The number of tetrazole rings is 1. The van der Waals surface area contributed by atoms with Gasteiger partial charge in [0.1, 0.15) is 0 Å². The van der Waals surface area contributed by atoms with Crippen LogP contribution in [0.2, 0.25) is 0 Å². The molecule has 3 rings (SSSR count). The molecule has 5 heteroatoms. The fourth-order valence-corrected chi connectivity index (χ4v) is 2.88. The predicted octanol–water partition coefficient (Wildman–Crippen LogP) is 2.29. The lowest BCUT2D eigenvalue weighted by atomic mass is 10.1. The van der Waals surface area contributed by atoms with Crippen molar-refractivity contribution < 1.29 is 0 Å². The predicted molar refractivity (Wildman–Crippen MR) is 81.7 cm³/mol. The van der Waals surface area contributed by atoms with Crippen molar-refractivity contribution in [2.45, 2.75) is 45.2 Å². The third kappa shape index (κ3) is 4.11. The fourth-order valence-electron chi connectivity index (χ4n) is 2.88. The molecule has 2 aromatic rings. The first-order valence-corrected chi connectivity index (χ1v) is 7.93. The molecule has 1 aliphatic heterocycles. The van der Waals surface area contributed by atoms with E-state index < -0.39 is 0 Å². The Hall–Kier alpha value is -1.75. The lowest BCUT2D eigenvalue weighted by molar-refractivity contribution is 0.264. The second-order valence-electron chi connectivity index (χ2n) is 5.74. The molecule has 0 bridgehead atoms. The van der Waals surface area contributed by atoms with E-state index in [-0.39, 0.29) is 0 Å². The number of hydrogen-bond acceptors (Lipinski definition) is 4. The number of rotatable bonds is 5. The molecule has 0 aliphatic carbocycles. The molecule has 0 N–H and O–H groups in total. The number of aromatic nitrogens is 4. The summed E-state index contributed by atoms with van der Waals surface area (Å²) in [5, 5.41) is 12.2. The van der Waals surface area contributed by atoms with E-state index in [2.05, 4.69) is 44.7 Å². The smallest absolute Gasteiger partial charge is 0.165 e. The van der Waals surface area contributed by atoms with E-state index in [1.165, 1.54) is 44.3 Å². The van der Waals surface area contributed by atoms with Crippen LogP contribution in [0, 0.1) is 0 Å². The van der Waals surface area contributed by atoms with Crippen molar-refractivity contribution in [2.75, 3.05) is 13.1 Å². The molecule has 1 aromatic heterocycles. The zero-order valence-electron chi connectivity index (χ0n) is 12.5. The molecule has 1 saturated heterocycles. The Labute approximate surface area is 126 Å². The fraction of sp³-hybridized carbons (Fsp3) is 0.562. The maximum absolute atomic E-state index is 4.21. The van der Waals surface area contributed by atoms with Gasteiger partial charge in [-0.3, -0.25) is 4.90 Å². The van der Waals surface area contributed by atoms with Crippen LogP contribution in [0.3, 0.4) is 0 Å². The molecule has 21 heavy (non-hydrogen) atoms. The minimum Gasteiger partial charge on any atom is -0.296 e. The summed E-state index contributed by atoms with van der Waals surface area (Å²) < 4.78 is 1.96. The van der Waals surface area contributed by atoms with Crippen LogP contribution in [-0.2, 0) is 19.5 Å². The van der Waals surface area contributed by atoms with Crippen LogP contribution < -0.4 is 0 Å². The number of nitrogens with zero attached hydrogens (tertiary/aromatic N) is 5. The van der Waals surface area contributed by atoms with Gasteiger partial charge in [-0.15, -0.1) is 5.10 Å². The molecule has 2 heterocycles. The van der Waals surface area contributed by atoms with Gasteiger partial charge in [-0.2, -0.15) is 0 Å². The normalized spacial score (nSPS) is 16.8. The highest BCUT2D eigenvalue weighted by molar-refractivity contribution is 5.14. The summed E-state index contributed by atoms with van der Waals surface area (Å²) in [5.74, 6) is 0.993. The lowest BCUT2D eigenvalue weighted by Gasteiger charge is -2.18. The second kappa shape index (κ2) is 7.31. The Bertz CT molecular complexity index is 529. The van der Waals surface area contributed by atoms with Crippen LogP contribution in [-0.4, -0.2) is 38.2 Å². The van der Waals surface area contributed by atoms with Crippen molar-refractivity contribution in [3.05, 3.63) is 41.7 Å². The molecule has 1 aliphatic rings. The summed E-state index contributed by atoms with van der Waals surface area (Å²) in [6, 6.07) is 10.5. The number of hydrogen-bond donors (Lipinski definition) is 0. The number of likely N-dealkylation sites (tertiary alicyclic amines) is 1. The van der Waals surface area contributed by atoms with Crippen LogP contribution in [0.25, 0.3) is 0 Å². The summed E-state index contributed by atoms with van der Waals surface area (Å²) in [6.45, 7) is 4.07. The highest BCUT2D eigenvalue weighted by Crippen LogP contribution is 2.12. The molecular weight excluding hydrogens is 262 g/mol. The molecule has 0 saturated carbocycles. The molecule has 0 atom stereocenters. The van der Waals surface area contributed by atoms with E-state index in [1.54, 1.807) is 0 Å². The monoisotopic (exact) mass is 285 g/mol. The van der Waals surface area contributed by atoms with E-state index in [0.717, 1.165) is 25.3 Å². The number of aryl methyl sites for hydroxylation is 2. The van der Waals surface area contributed by atoms with Gasteiger partial charge in [0.2, 0.25) is 0 Å². The summed E-state index contributed by atoms with van der Waals surface area (Å²) >= 11 is 0. The van der Waals surface area contributed by atoms with E-state index in [9.17, 15) is 0 Å². The molecule has 1 aromatic carbocycles. The highest BCUT2D eigenvalue weighted by atomic mass is 15.5. The maximum Gasteiger partial charge on any atom is 0.165 e. The number of benzene rings is 1. The van der Waals surface area contributed by atoms with Crippen LogP contribution in [0.15, 0.2) is 30.3 Å². The summed E-state index contributed by atoms with van der Waals surface area (Å²) in [6.07, 6.45) is 6.28. The van der Waals surface area contributed by atoms with Crippen molar-refractivity contribution in [3.63, 3.8) is 0 Å². The van der Waals surface area contributed by atoms with Gasteiger partial charge in [-0.25, -0.2) is 4.68 Å². The van der Waals surface area contributed by atoms with E-state index >= 15 is 0 Å². The van der Waals surface area contributed by atoms with Gasteiger partial charge in [0.25, 0.3) is 0 Å². The first-order chi connectivity index (χ1) is 10.4.